The average Bonchev–Trinajstić information content (AvgIpc) is 3.96. The fraction of sp³-hybridized carbons (Fsp3) is 0.0588. The lowest BCUT2D eigenvalue weighted by atomic mass is 9.95. The molecule has 0 saturated carbocycles. The highest BCUT2D eigenvalue weighted by Gasteiger charge is 2.26. The molecule has 1 N–H and O–H groups in total. The van der Waals surface area contributed by atoms with Crippen molar-refractivity contribution in [1.82, 2.24) is 9.88 Å². The van der Waals surface area contributed by atoms with Crippen molar-refractivity contribution >= 4 is 72.1 Å². The van der Waals surface area contributed by atoms with E-state index in [4.69, 9.17) is 18.8 Å². The molecule has 0 fully saturated rings. The van der Waals surface area contributed by atoms with Crippen LogP contribution in [0.2, 0.25) is 0 Å². The van der Waals surface area contributed by atoms with Crippen LogP contribution in [0.25, 0.3) is 71.5 Å². The van der Waals surface area contributed by atoms with E-state index >= 15 is 0 Å². The van der Waals surface area contributed by atoms with Crippen LogP contribution in [0.4, 0.5) is 0 Å². The summed E-state index contributed by atoms with van der Waals surface area (Å²) in [6.45, 7) is 0. The maximum Gasteiger partial charge on any atom is 0.159 e. The first kappa shape index (κ1) is 31.9. The van der Waals surface area contributed by atoms with Crippen molar-refractivity contribution in [3.63, 3.8) is 0 Å². The van der Waals surface area contributed by atoms with Gasteiger partial charge in [-0.05, 0) is 65.6 Å². The molecule has 1 aliphatic carbocycles. The maximum atomic E-state index is 6.68. The third-order valence-corrected chi connectivity index (χ3v) is 11.5. The number of allylic oxidation sites excluding steroid dienone is 1. The van der Waals surface area contributed by atoms with Crippen molar-refractivity contribution in [2.45, 2.75) is 19.0 Å². The summed E-state index contributed by atoms with van der Waals surface area (Å²) in [5, 5.41) is 9.34. The standard InChI is InChI=1S/C51H34N4O2/c1-3-13-31(14-4-1)49-52-50(32-15-5-2-6-16-32)54-51(53-49)38-20-11-19-37-39-29-33(25-27-44(39)57-48(37)38)34-26-28-45-40(30-34)47-43(23-12-24-46(47)56-45)55-41-21-9-7-17-35(41)36-18-8-10-22-42(36)55/h1-11,13-23,25-30,49H,12,24H2,(H,52,53,54). The minimum absolute atomic E-state index is 0.297. The van der Waals surface area contributed by atoms with Gasteiger partial charge in [0.05, 0.1) is 22.3 Å². The van der Waals surface area contributed by atoms with Crippen molar-refractivity contribution in [1.29, 1.82) is 0 Å². The largest absolute Gasteiger partial charge is 0.460 e. The van der Waals surface area contributed by atoms with Gasteiger partial charge >= 0.3 is 0 Å². The molecule has 10 aromatic rings. The molecule has 6 heteroatoms. The Morgan fingerprint density at radius 2 is 1.21 bits per heavy atom. The molecule has 4 heterocycles. The number of fused-ring (bicyclic) bond motifs is 9. The first-order valence-electron chi connectivity index (χ1n) is 19.5. The van der Waals surface area contributed by atoms with E-state index in [-0.39, 0.29) is 6.17 Å². The van der Waals surface area contributed by atoms with Crippen molar-refractivity contribution in [3.8, 4) is 11.1 Å². The third kappa shape index (κ3) is 5.04. The van der Waals surface area contributed by atoms with E-state index in [0.717, 1.165) is 85.2 Å². The number of nitrogens with zero attached hydrogens (tertiary/aromatic N) is 3. The Kier molecular flexibility index (Phi) is 7.01. The van der Waals surface area contributed by atoms with Crippen LogP contribution < -0.4 is 5.32 Å². The Morgan fingerprint density at radius 3 is 1.96 bits per heavy atom. The van der Waals surface area contributed by atoms with Gasteiger partial charge in [-0.3, -0.25) is 0 Å². The van der Waals surface area contributed by atoms with E-state index in [1.807, 2.05) is 36.4 Å². The number of nitrogens with one attached hydrogen (secondary N) is 1. The van der Waals surface area contributed by atoms with Gasteiger partial charge in [0.2, 0.25) is 0 Å². The van der Waals surface area contributed by atoms with Crippen LogP contribution in [-0.4, -0.2) is 16.2 Å². The monoisotopic (exact) mass is 734 g/mol. The molecule has 1 aliphatic heterocycles. The number of hydrogen-bond donors (Lipinski definition) is 1. The summed E-state index contributed by atoms with van der Waals surface area (Å²) in [5.41, 5.74) is 12.4. The van der Waals surface area contributed by atoms with Crippen molar-refractivity contribution in [2.24, 2.45) is 9.98 Å². The van der Waals surface area contributed by atoms with Gasteiger partial charge in [-0.2, -0.15) is 0 Å². The number of benzene rings is 7. The second kappa shape index (κ2) is 12.5. The van der Waals surface area contributed by atoms with Crippen LogP contribution in [-0.2, 0) is 6.42 Å². The highest BCUT2D eigenvalue weighted by molar-refractivity contribution is 6.20. The number of amidine groups is 2. The minimum atomic E-state index is -0.297. The summed E-state index contributed by atoms with van der Waals surface area (Å²) >= 11 is 0. The molecular formula is C51H34N4O2. The molecule has 3 aromatic heterocycles. The van der Waals surface area contributed by atoms with E-state index in [0.29, 0.717) is 5.84 Å². The average molecular weight is 735 g/mol. The second-order valence-electron chi connectivity index (χ2n) is 14.8. The molecule has 0 spiro atoms. The molecule has 270 valence electrons. The summed E-state index contributed by atoms with van der Waals surface area (Å²) < 4.78 is 15.7. The molecule has 1 unspecified atom stereocenters. The molecule has 0 bridgehead atoms. The van der Waals surface area contributed by atoms with Gasteiger partial charge in [0.15, 0.2) is 5.84 Å². The molecule has 12 rings (SSSR count). The molecular weight excluding hydrogens is 701 g/mol. The van der Waals surface area contributed by atoms with E-state index in [1.165, 1.54) is 33.1 Å². The Morgan fingerprint density at radius 1 is 0.561 bits per heavy atom. The number of para-hydroxylation sites is 3. The number of furan rings is 2. The van der Waals surface area contributed by atoms with Crippen molar-refractivity contribution in [2.75, 3.05) is 0 Å². The lowest BCUT2D eigenvalue weighted by Crippen LogP contribution is -2.33. The highest BCUT2D eigenvalue weighted by Crippen LogP contribution is 2.43. The van der Waals surface area contributed by atoms with Crippen LogP contribution >= 0.6 is 0 Å². The van der Waals surface area contributed by atoms with Crippen LogP contribution in [0.3, 0.4) is 0 Å². The van der Waals surface area contributed by atoms with Crippen LogP contribution in [0, 0.1) is 0 Å². The summed E-state index contributed by atoms with van der Waals surface area (Å²) in [6, 6.07) is 57.2. The van der Waals surface area contributed by atoms with E-state index in [1.54, 1.807) is 0 Å². The molecule has 2 aliphatic rings. The minimum Gasteiger partial charge on any atom is -0.460 e. The van der Waals surface area contributed by atoms with E-state index in [2.05, 4.69) is 143 Å². The molecule has 57 heavy (non-hydrogen) atoms. The third-order valence-electron chi connectivity index (χ3n) is 11.5. The molecule has 6 nitrogen and oxygen atoms in total. The van der Waals surface area contributed by atoms with Gasteiger partial charge in [-0.15, -0.1) is 0 Å². The topological polar surface area (TPSA) is 68.0 Å². The smallest absolute Gasteiger partial charge is 0.159 e. The van der Waals surface area contributed by atoms with Crippen LogP contribution in [0.1, 0.15) is 40.6 Å². The highest BCUT2D eigenvalue weighted by atomic mass is 16.3. The Hall–Kier alpha value is -7.44. The number of aromatic nitrogens is 1. The maximum absolute atomic E-state index is 6.68. The molecule has 0 amide bonds. The molecule has 7 aromatic carbocycles. The summed E-state index contributed by atoms with van der Waals surface area (Å²) in [6.07, 6.45) is 3.89. The number of hydrogen-bond acceptors (Lipinski definition) is 5. The zero-order valence-electron chi connectivity index (χ0n) is 30.8. The van der Waals surface area contributed by atoms with Crippen molar-refractivity contribution in [3.05, 3.63) is 198 Å². The SMILES string of the molecule is C1=C(n2c3ccccc3c3ccccc32)c2c(oc3ccc(-c4ccc5oc6c(C7=NC(c8ccccc8)=NC(c8ccccc8)N7)cccc6c5c4)cc23)CC1. The predicted molar refractivity (Wildman–Crippen MR) is 232 cm³/mol. The second-order valence-corrected chi connectivity index (χ2v) is 14.8. The summed E-state index contributed by atoms with van der Waals surface area (Å²) in [4.78, 5) is 10.1. The number of rotatable bonds is 5. The van der Waals surface area contributed by atoms with Crippen molar-refractivity contribution < 1.29 is 8.83 Å². The molecule has 0 saturated heterocycles. The lowest BCUT2D eigenvalue weighted by Gasteiger charge is -2.23. The van der Waals surface area contributed by atoms with Crippen LogP contribution in [0.5, 0.6) is 0 Å². The normalized spacial score (nSPS) is 15.5. The molecule has 1 atom stereocenters. The summed E-state index contributed by atoms with van der Waals surface area (Å²) in [5.74, 6) is 2.45. The zero-order valence-corrected chi connectivity index (χ0v) is 30.8. The Labute approximate surface area is 327 Å². The Balaban J connectivity index is 0.969. The number of aryl methyl sites for hydroxylation is 1. The quantitative estimate of drug-likeness (QED) is 0.191. The van der Waals surface area contributed by atoms with Gasteiger partial charge < -0.3 is 18.7 Å². The number of aliphatic imine (C=N–C) groups is 2. The fourth-order valence-corrected chi connectivity index (χ4v) is 8.89. The van der Waals surface area contributed by atoms with Gasteiger partial charge in [0.1, 0.15) is 34.5 Å². The Bertz CT molecular complexity index is 3270. The first-order chi connectivity index (χ1) is 28.2. The summed E-state index contributed by atoms with van der Waals surface area (Å²) in [7, 11) is 0. The van der Waals surface area contributed by atoms with Gasteiger partial charge in [0.25, 0.3) is 0 Å². The lowest BCUT2D eigenvalue weighted by molar-refractivity contribution is 0.544. The molecule has 0 radical (unpaired) electrons. The van der Waals surface area contributed by atoms with E-state index < -0.39 is 0 Å². The van der Waals surface area contributed by atoms with Gasteiger partial charge in [-0.1, -0.05) is 127 Å². The van der Waals surface area contributed by atoms with Gasteiger partial charge in [-0.25, -0.2) is 9.98 Å². The fourth-order valence-electron chi connectivity index (χ4n) is 8.89. The first-order valence-corrected chi connectivity index (χ1v) is 19.5. The van der Waals surface area contributed by atoms with Gasteiger partial charge in [0, 0.05) is 44.5 Å². The van der Waals surface area contributed by atoms with Crippen LogP contribution in [0.15, 0.2) is 189 Å². The zero-order chi connectivity index (χ0) is 37.5. The predicted octanol–water partition coefficient (Wildman–Crippen LogP) is 12.4. The van der Waals surface area contributed by atoms with E-state index in [9.17, 15) is 0 Å².